The molecule has 1 aliphatic rings. The molecule has 2 N–H and O–H groups in total. The number of hydrogen-bond donors (Lipinski definition) is 2. The lowest BCUT2D eigenvalue weighted by molar-refractivity contribution is 0.0901. The molecule has 8 nitrogen and oxygen atoms in total. The molecule has 1 aromatic heterocycles. The number of carbonyl (C=O) groups excluding carboxylic acids is 1. The van der Waals surface area contributed by atoms with Crippen LogP contribution in [0.2, 0.25) is 0 Å². The molecular formula is C18H30N4O4. The second-order valence-corrected chi connectivity index (χ2v) is 6.90. The second kappa shape index (κ2) is 10.3. The third kappa shape index (κ3) is 5.81. The normalized spacial score (nSPS) is 15.3. The number of anilines is 1. The van der Waals surface area contributed by atoms with Crippen molar-refractivity contribution in [1.29, 1.82) is 0 Å². The molecule has 2 heterocycles. The van der Waals surface area contributed by atoms with Gasteiger partial charge in [0.15, 0.2) is 11.5 Å². The molecule has 1 amide bonds. The zero-order chi connectivity index (χ0) is 18.9. The lowest BCUT2D eigenvalue weighted by atomic mass is 10.0. The van der Waals surface area contributed by atoms with E-state index in [0.29, 0.717) is 37.3 Å². The SMILES string of the molecule is COCCOc1nc(C(=O)N[C@H](CO)CC(C)C)cnc1N1CCCC1. The van der Waals surface area contributed by atoms with Crippen LogP contribution in [0.5, 0.6) is 5.88 Å². The van der Waals surface area contributed by atoms with Crippen LogP contribution in [0.1, 0.15) is 43.6 Å². The Labute approximate surface area is 154 Å². The van der Waals surface area contributed by atoms with E-state index in [1.807, 2.05) is 13.8 Å². The number of aliphatic hydroxyl groups excluding tert-OH is 1. The van der Waals surface area contributed by atoms with Crippen molar-refractivity contribution in [2.24, 2.45) is 5.92 Å². The Bertz CT molecular complexity index is 576. The molecule has 0 bridgehead atoms. The third-order valence-electron chi connectivity index (χ3n) is 4.20. The van der Waals surface area contributed by atoms with Crippen LogP contribution in [0, 0.1) is 5.92 Å². The molecule has 0 radical (unpaired) electrons. The van der Waals surface area contributed by atoms with Crippen LogP contribution < -0.4 is 15.0 Å². The Morgan fingerprint density at radius 2 is 2.08 bits per heavy atom. The highest BCUT2D eigenvalue weighted by Crippen LogP contribution is 2.27. The fourth-order valence-corrected chi connectivity index (χ4v) is 2.95. The predicted octanol–water partition coefficient (Wildman–Crippen LogP) is 1.24. The average molecular weight is 366 g/mol. The molecule has 1 saturated heterocycles. The van der Waals surface area contributed by atoms with E-state index in [2.05, 4.69) is 20.2 Å². The van der Waals surface area contributed by atoms with Crippen LogP contribution in [0.25, 0.3) is 0 Å². The lowest BCUT2D eigenvalue weighted by Gasteiger charge is -2.21. The van der Waals surface area contributed by atoms with Crippen molar-refractivity contribution in [3.05, 3.63) is 11.9 Å². The van der Waals surface area contributed by atoms with Gasteiger partial charge in [-0.25, -0.2) is 9.97 Å². The summed E-state index contributed by atoms with van der Waals surface area (Å²) in [7, 11) is 1.60. The fraction of sp³-hybridized carbons (Fsp3) is 0.722. The number of hydrogen-bond acceptors (Lipinski definition) is 7. The molecule has 146 valence electrons. The number of rotatable bonds is 10. The van der Waals surface area contributed by atoms with Crippen LogP contribution in [-0.2, 0) is 4.74 Å². The number of ether oxygens (including phenoxy) is 2. The van der Waals surface area contributed by atoms with E-state index < -0.39 is 0 Å². The Balaban J connectivity index is 2.14. The molecule has 0 unspecified atom stereocenters. The summed E-state index contributed by atoms with van der Waals surface area (Å²) in [6.07, 6.45) is 4.37. The van der Waals surface area contributed by atoms with Crippen molar-refractivity contribution in [3.63, 3.8) is 0 Å². The van der Waals surface area contributed by atoms with Crippen LogP contribution in [0.4, 0.5) is 5.82 Å². The summed E-state index contributed by atoms with van der Waals surface area (Å²) in [4.78, 5) is 23.4. The van der Waals surface area contributed by atoms with Crippen molar-refractivity contribution in [2.75, 3.05) is 44.9 Å². The Morgan fingerprint density at radius 1 is 1.35 bits per heavy atom. The molecule has 1 atom stereocenters. The van der Waals surface area contributed by atoms with Crippen molar-refractivity contribution in [1.82, 2.24) is 15.3 Å². The molecule has 0 aliphatic carbocycles. The number of aromatic nitrogens is 2. The van der Waals surface area contributed by atoms with Crippen molar-refractivity contribution < 1.29 is 19.4 Å². The van der Waals surface area contributed by atoms with Gasteiger partial charge in [-0.3, -0.25) is 4.79 Å². The molecule has 1 fully saturated rings. The molecule has 1 aromatic rings. The van der Waals surface area contributed by atoms with Gasteiger partial charge in [0.25, 0.3) is 11.8 Å². The second-order valence-electron chi connectivity index (χ2n) is 6.90. The number of amides is 1. The first-order valence-electron chi connectivity index (χ1n) is 9.20. The van der Waals surface area contributed by atoms with Gasteiger partial charge in [0.05, 0.1) is 25.5 Å². The Morgan fingerprint density at radius 3 is 2.69 bits per heavy atom. The highest BCUT2D eigenvalue weighted by atomic mass is 16.5. The molecule has 0 spiro atoms. The highest BCUT2D eigenvalue weighted by molar-refractivity contribution is 5.92. The molecule has 2 rings (SSSR count). The first-order valence-corrected chi connectivity index (χ1v) is 9.20. The molecular weight excluding hydrogens is 336 g/mol. The smallest absolute Gasteiger partial charge is 0.271 e. The molecule has 0 saturated carbocycles. The van der Waals surface area contributed by atoms with E-state index in [4.69, 9.17) is 9.47 Å². The van der Waals surface area contributed by atoms with Crippen LogP contribution in [-0.4, -0.2) is 67.0 Å². The van der Waals surface area contributed by atoms with Gasteiger partial charge in [0.2, 0.25) is 0 Å². The number of nitrogens with zero attached hydrogens (tertiary/aromatic N) is 3. The van der Waals surface area contributed by atoms with E-state index in [1.54, 1.807) is 7.11 Å². The van der Waals surface area contributed by atoms with Crippen LogP contribution in [0.3, 0.4) is 0 Å². The lowest BCUT2D eigenvalue weighted by Crippen LogP contribution is -2.39. The minimum Gasteiger partial charge on any atom is -0.473 e. The van der Waals surface area contributed by atoms with E-state index in [0.717, 1.165) is 25.9 Å². The van der Waals surface area contributed by atoms with Crippen molar-refractivity contribution >= 4 is 11.7 Å². The number of nitrogens with one attached hydrogen (secondary N) is 1. The number of methoxy groups -OCH3 is 1. The predicted molar refractivity (Wildman–Crippen MR) is 98.6 cm³/mol. The zero-order valence-electron chi connectivity index (χ0n) is 15.9. The molecule has 26 heavy (non-hydrogen) atoms. The standard InChI is InChI=1S/C18H30N4O4/c1-13(2)10-14(12-23)20-17(24)15-11-19-16(22-6-4-5-7-22)18(21-15)26-9-8-25-3/h11,13-14,23H,4-10,12H2,1-3H3,(H,20,24)/t14-/m0/s1. The van der Waals surface area contributed by atoms with Gasteiger partial charge in [0.1, 0.15) is 6.61 Å². The maximum atomic E-state index is 12.5. The quantitative estimate of drug-likeness (QED) is 0.601. The topological polar surface area (TPSA) is 96.8 Å². The monoisotopic (exact) mass is 366 g/mol. The largest absolute Gasteiger partial charge is 0.473 e. The van der Waals surface area contributed by atoms with Gasteiger partial charge in [-0.1, -0.05) is 13.8 Å². The summed E-state index contributed by atoms with van der Waals surface area (Å²) in [5.41, 5.74) is 0.183. The summed E-state index contributed by atoms with van der Waals surface area (Å²) in [6.45, 7) is 6.55. The van der Waals surface area contributed by atoms with E-state index >= 15 is 0 Å². The number of aliphatic hydroxyl groups is 1. The van der Waals surface area contributed by atoms with Gasteiger partial charge in [0, 0.05) is 20.2 Å². The maximum Gasteiger partial charge on any atom is 0.271 e. The van der Waals surface area contributed by atoms with Crippen molar-refractivity contribution in [3.8, 4) is 5.88 Å². The van der Waals surface area contributed by atoms with Gasteiger partial charge in [-0.2, -0.15) is 0 Å². The third-order valence-corrected chi connectivity index (χ3v) is 4.20. The van der Waals surface area contributed by atoms with E-state index in [-0.39, 0.29) is 24.2 Å². The summed E-state index contributed by atoms with van der Waals surface area (Å²) in [5, 5.41) is 12.3. The molecule has 8 heteroatoms. The van der Waals surface area contributed by atoms with Gasteiger partial charge < -0.3 is 24.8 Å². The summed E-state index contributed by atoms with van der Waals surface area (Å²) < 4.78 is 10.7. The summed E-state index contributed by atoms with van der Waals surface area (Å²) >= 11 is 0. The Hall–Kier alpha value is -1.93. The maximum absolute atomic E-state index is 12.5. The molecule has 0 aromatic carbocycles. The average Bonchev–Trinajstić information content (AvgIpc) is 3.15. The zero-order valence-corrected chi connectivity index (χ0v) is 15.9. The minimum absolute atomic E-state index is 0.111. The van der Waals surface area contributed by atoms with Crippen LogP contribution >= 0.6 is 0 Å². The minimum atomic E-state index is -0.359. The van der Waals surface area contributed by atoms with Crippen molar-refractivity contribution in [2.45, 2.75) is 39.2 Å². The fourth-order valence-electron chi connectivity index (χ4n) is 2.95. The van der Waals surface area contributed by atoms with Gasteiger partial charge in [-0.05, 0) is 25.2 Å². The first-order chi connectivity index (χ1) is 12.5. The Kier molecular flexibility index (Phi) is 8.06. The summed E-state index contributed by atoms with van der Waals surface area (Å²) in [6, 6.07) is -0.305. The van der Waals surface area contributed by atoms with E-state index in [9.17, 15) is 9.90 Å². The van der Waals surface area contributed by atoms with Crippen LogP contribution in [0.15, 0.2) is 6.20 Å². The summed E-state index contributed by atoms with van der Waals surface area (Å²) in [5.74, 6) is 1.02. The van der Waals surface area contributed by atoms with E-state index in [1.165, 1.54) is 6.20 Å². The number of carbonyl (C=O) groups is 1. The van der Waals surface area contributed by atoms with Gasteiger partial charge in [-0.15, -0.1) is 0 Å². The van der Waals surface area contributed by atoms with Gasteiger partial charge >= 0.3 is 0 Å². The highest BCUT2D eigenvalue weighted by Gasteiger charge is 2.22. The molecule has 1 aliphatic heterocycles. The first kappa shape index (κ1) is 20.4.